The van der Waals surface area contributed by atoms with Gasteiger partial charge < -0.3 is 0 Å². The van der Waals surface area contributed by atoms with Crippen LogP contribution in [0.3, 0.4) is 0 Å². The van der Waals surface area contributed by atoms with Gasteiger partial charge in [0.2, 0.25) is 0 Å². The Morgan fingerprint density at radius 1 is 0.968 bits per heavy atom. The van der Waals surface area contributed by atoms with E-state index in [-0.39, 0.29) is 17.0 Å². The summed E-state index contributed by atoms with van der Waals surface area (Å²) in [5, 5.41) is 0.553. The Morgan fingerprint density at radius 3 is 2.45 bits per heavy atom. The molecule has 1 aromatic heterocycles. The van der Waals surface area contributed by atoms with Gasteiger partial charge in [0.25, 0.3) is 5.56 Å². The topological polar surface area (TPSA) is 61.1 Å². The maximum atomic E-state index is 13.4. The van der Waals surface area contributed by atoms with Crippen LogP contribution < -0.4 is 11.2 Å². The Balaban J connectivity index is 1.72. The third kappa shape index (κ3) is 4.46. The van der Waals surface area contributed by atoms with E-state index in [1.54, 1.807) is 22.8 Å². The Kier molecular flexibility index (Phi) is 6.31. The van der Waals surface area contributed by atoms with Crippen molar-refractivity contribution in [1.29, 1.82) is 0 Å². The molecule has 0 unspecified atom stereocenters. The van der Waals surface area contributed by atoms with E-state index in [1.165, 1.54) is 23.0 Å². The predicted octanol–water partition coefficient (Wildman–Crippen LogP) is 4.69. The van der Waals surface area contributed by atoms with Crippen LogP contribution in [0.2, 0.25) is 0 Å². The summed E-state index contributed by atoms with van der Waals surface area (Å²) < 4.78 is 3.05. The summed E-state index contributed by atoms with van der Waals surface area (Å²) in [6.45, 7) is 2.59. The fourth-order valence-corrected chi connectivity index (χ4v) is 4.29. The minimum Gasteiger partial charge on any atom is -0.294 e. The number of nitrogens with zero attached hydrogens (tertiary/aromatic N) is 2. The molecular weight excluding hydrogens is 388 g/mol. The Labute approximate surface area is 181 Å². The molecule has 0 spiro atoms. The highest BCUT2D eigenvalue weighted by Gasteiger charge is 2.14. The Morgan fingerprint density at radius 2 is 1.74 bits per heavy atom. The van der Waals surface area contributed by atoms with E-state index in [0.717, 1.165) is 24.8 Å². The summed E-state index contributed by atoms with van der Waals surface area (Å²) in [6.07, 6.45) is 8.00. The number of aromatic nitrogens is 2. The number of hydrogen-bond acceptors (Lipinski definition) is 3. The highest BCUT2D eigenvalue weighted by atomic mass is 16.2. The highest BCUT2D eigenvalue weighted by molar-refractivity contribution is 5.95. The van der Waals surface area contributed by atoms with Crippen LogP contribution in [-0.2, 0) is 13.1 Å². The van der Waals surface area contributed by atoms with Crippen molar-refractivity contribution in [1.82, 2.24) is 9.13 Å². The lowest BCUT2D eigenvalue weighted by Gasteiger charge is -2.16. The normalized spacial score (nSPS) is 13.9. The number of fused-ring (bicyclic) bond motifs is 1. The second-order valence-electron chi connectivity index (χ2n) is 8.17. The predicted molar refractivity (Wildman–Crippen MR) is 124 cm³/mol. The lowest BCUT2D eigenvalue weighted by atomic mass is 9.97. The zero-order chi connectivity index (χ0) is 21.8. The molecule has 1 aliphatic rings. The molecule has 3 aromatic rings. The molecule has 0 aliphatic heterocycles. The summed E-state index contributed by atoms with van der Waals surface area (Å²) >= 11 is 0. The van der Waals surface area contributed by atoms with Crippen molar-refractivity contribution >= 4 is 16.7 Å². The molecule has 1 heterocycles. The molecule has 5 heteroatoms. The summed E-state index contributed by atoms with van der Waals surface area (Å²) in [6, 6.07) is 14.7. The van der Waals surface area contributed by atoms with E-state index < -0.39 is 0 Å². The van der Waals surface area contributed by atoms with Gasteiger partial charge >= 0.3 is 5.69 Å². The van der Waals surface area contributed by atoms with Crippen molar-refractivity contribution in [3.63, 3.8) is 0 Å². The number of ketones is 1. The molecule has 2 aromatic carbocycles. The van der Waals surface area contributed by atoms with E-state index >= 15 is 0 Å². The molecule has 31 heavy (non-hydrogen) atoms. The molecular formula is C26H28N2O3. The average Bonchev–Trinajstić information content (AvgIpc) is 2.82. The van der Waals surface area contributed by atoms with Crippen molar-refractivity contribution < 1.29 is 4.79 Å². The second-order valence-corrected chi connectivity index (χ2v) is 8.17. The molecule has 4 rings (SSSR count). The number of rotatable bonds is 7. The first-order valence-electron chi connectivity index (χ1n) is 11.1. The lowest BCUT2D eigenvalue weighted by Crippen LogP contribution is -2.40. The fourth-order valence-electron chi connectivity index (χ4n) is 4.29. The van der Waals surface area contributed by atoms with E-state index in [9.17, 15) is 14.4 Å². The quantitative estimate of drug-likeness (QED) is 0.414. The van der Waals surface area contributed by atoms with Crippen molar-refractivity contribution in [3.8, 4) is 0 Å². The maximum Gasteiger partial charge on any atom is 0.331 e. The van der Waals surface area contributed by atoms with Gasteiger partial charge in [0.1, 0.15) is 0 Å². The van der Waals surface area contributed by atoms with Crippen molar-refractivity contribution in [2.45, 2.75) is 58.5 Å². The SMILES string of the molecule is CCC(=O)c1ccc(Cn2c(=O)n(CCC3=CCCCC3)c(=O)c3ccccc32)cc1. The first-order chi connectivity index (χ1) is 15.1. The van der Waals surface area contributed by atoms with Gasteiger partial charge in [-0.1, -0.05) is 55.0 Å². The summed E-state index contributed by atoms with van der Waals surface area (Å²) in [4.78, 5) is 38.3. The minimum absolute atomic E-state index is 0.0970. The van der Waals surface area contributed by atoms with Crippen LogP contribution in [0, 0.1) is 0 Å². The molecule has 0 amide bonds. The largest absolute Gasteiger partial charge is 0.331 e. The lowest BCUT2D eigenvalue weighted by molar-refractivity contribution is 0.0988. The smallest absolute Gasteiger partial charge is 0.294 e. The van der Waals surface area contributed by atoms with Crippen LogP contribution in [0.15, 0.2) is 69.8 Å². The van der Waals surface area contributed by atoms with E-state index in [4.69, 9.17) is 0 Å². The van der Waals surface area contributed by atoms with E-state index in [1.807, 2.05) is 37.3 Å². The summed E-state index contributed by atoms with van der Waals surface area (Å²) in [5.74, 6) is 0.0970. The maximum absolute atomic E-state index is 13.4. The van der Waals surface area contributed by atoms with Crippen LogP contribution in [-0.4, -0.2) is 14.9 Å². The van der Waals surface area contributed by atoms with Gasteiger partial charge in [-0.2, -0.15) is 0 Å². The summed E-state index contributed by atoms with van der Waals surface area (Å²) in [7, 11) is 0. The zero-order valence-electron chi connectivity index (χ0n) is 18.0. The number of Topliss-reactive ketones (excluding diaryl/α,β-unsaturated/α-hetero) is 1. The monoisotopic (exact) mass is 416 g/mol. The molecule has 0 N–H and O–H groups in total. The fraction of sp³-hybridized carbons (Fsp3) is 0.346. The van der Waals surface area contributed by atoms with Crippen LogP contribution in [0.25, 0.3) is 10.9 Å². The van der Waals surface area contributed by atoms with Gasteiger partial charge in [0.15, 0.2) is 5.78 Å². The van der Waals surface area contributed by atoms with Crippen molar-refractivity contribution in [2.75, 3.05) is 0 Å². The summed E-state index contributed by atoms with van der Waals surface area (Å²) in [5.41, 5.74) is 3.06. The molecule has 0 radical (unpaired) electrons. The molecule has 0 fully saturated rings. The van der Waals surface area contributed by atoms with Crippen LogP contribution >= 0.6 is 0 Å². The van der Waals surface area contributed by atoms with Gasteiger partial charge in [0, 0.05) is 18.5 Å². The number of para-hydroxylation sites is 1. The second kappa shape index (κ2) is 9.29. The van der Waals surface area contributed by atoms with Crippen LogP contribution in [0.5, 0.6) is 0 Å². The molecule has 0 bridgehead atoms. The first-order valence-corrected chi connectivity index (χ1v) is 11.1. The van der Waals surface area contributed by atoms with E-state index in [2.05, 4.69) is 6.08 Å². The number of carbonyl (C=O) groups is 1. The molecule has 1 aliphatic carbocycles. The van der Waals surface area contributed by atoms with Gasteiger partial charge in [-0.3, -0.25) is 18.7 Å². The third-order valence-corrected chi connectivity index (χ3v) is 6.11. The minimum atomic E-state index is -0.283. The number of carbonyl (C=O) groups excluding carboxylic acids is 1. The van der Waals surface area contributed by atoms with Gasteiger partial charge in [-0.15, -0.1) is 0 Å². The molecule has 5 nitrogen and oxygen atoms in total. The molecule has 0 saturated heterocycles. The zero-order valence-corrected chi connectivity index (χ0v) is 18.0. The highest BCUT2D eigenvalue weighted by Crippen LogP contribution is 2.20. The Hall–Kier alpha value is -3.21. The number of hydrogen-bond donors (Lipinski definition) is 0. The van der Waals surface area contributed by atoms with Crippen molar-refractivity contribution in [3.05, 3.63) is 92.1 Å². The van der Waals surface area contributed by atoms with Crippen molar-refractivity contribution in [2.24, 2.45) is 0 Å². The number of benzene rings is 2. The van der Waals surface area contributed by atoms with Crippen LogP contribution in [0.1, 0.15) is 61.4 Å². The standard InChI is InChI=1S/C26H28N2O3/c1-2-24(29)21-14-12-20(13-15-21)18-28-23-11-7-6-10-22(23)25(30)27(26(28)31)17-16-19-8-4-3-5-9-19/h6-8,10-15H,2-5,9,16-18H2,1H3. The van der Waals surface area contributed by atoms with Gasteiger partial charge in [0.05, 0.1) is 17.4 Å². The number of allylic oxidation sites excluding steroid dienone is 2. The van der Waals surface area contributed by atoms with E-state index in [0.29, 0.717) is 36.0 Å². The third-order valence-electron chi connectivity index (χ3n) is 6.11. The first kappa shape index (κ1) is 21.0. The molecule has 0 atom stereocenters. The van der Waals surface area contributed by atoms with Gasteiger partial charge in [-0.25, -0.2) is 4.79 Å². The molecule has 160 valence electrons. The van der Waals surface area contributed by atoms with Crippen LogP contribution in [0.4, 0.5) is 0 Å². The Bertz CT molecular complexity index is 1250. The van der Waals surface area contributed by atoms with Gasteiger partial charge in [-0.05, 0) is 49.8 Å². The molecule has 0 saturated carbocycles. The average molecular weight is 417 g/mol.